The van der Waals surface area contributed by atoms with Crippen LogP contribution in [0.25, 0.3) is 0 Å². The highest BCUT2D eigenvalue weighted by Crippen LogP contribution is 2.36. The van der Waals surface area contributed by atoms with E-state index in [9.17, 15) is 4.79 Å². The number of fused-ring (bicyclic) bond motifs is 3. The molecular formula is C16H21N5O. The van der Waals surface area contributed by atoms with Gasteiger partial charge in [-0.15, -0.1) is 0 Å². The Morgan fingerprint density at radius 3 is 2.86 bits per heavy atom. The van der Waals surface area contributed by atoms with E-state index < -0.39 is 0 Å². The van der Waals surface area contributed by atoms with Gasteiger partial charge in [0.1, 0.15) is 6.17 Å². The van der Waals surface area contributed by atoms with Crippen LogP contribution >= 0.6 is 0 Å². The largest absolute Gasteiger partial charge is 0.334 e. The topological polar surface area (TPSA) is 60.3 Å². The molecule has 3 unspecified atom stereocenters. The summed E-state index contributed by atoms with van der Waals surface area (Å²) >= 11 is 0. The Bertz CT molecular complexity index is 602. The minimum atomic E-state index is -0.0644. The van der Waals surface area contributed by atoms with E-state index in [1.54, 1.807) is 6.21 Å². The summed E-state index contributed by atoms with van der Waals surface area (Å²) in [5.41, 5.74) is 5.06. The monoisotopic (exact) mass is 299 g/mol. The first-order valence-corrected chi connectivity index (χ1v) is 8.40. The zero-order valence-corrected chi connectivity index (χ0v) is 12.6. The summed E-state index contributed by atoms with van der Waals surface area (Å²) in [7, 11) is 0. The number of amides is 1. The van der Waals surface area contributed by atoms with Gasteiger partial charge in [0.05, 0.1) is 11.6 Å². The first-order valence-electron chi connectivity index (χ1n) is 8.40. The molecule has 0 aromatic rings. The summed E-state index contributed by atoms with van der Waals surface area (Å²) < 4.78 is 0. The van der Waals surface area contributed by atoms with Crippen LogP contribution in [-0.4, -0.2) is 66.0 Å². The molecule has 0 radical (unpaired) electrons. The van der Waals surface area contributed by atoms with E-state index in [1.807, 2.05) is 6.08 Å². The van der Waals surface area contributed by atoms with Crippen LogP contribution in [-0.2, 0) is 4.79 Å². The molecular weight excluding hydrogens is 278 g/mol. The molecule has 22 heavy (non-hydrogen) atoms. The maximum atomic E-state index is 13.2. The molecule has 6 nitrogen and oxygen atoms in total. The van der Waals surface area contributed by atoms with E-state index >= 15 is 0 Å². The normalized spacial score (nSPS) is 42.5. The van der Waals surface area contributed by atoms with Crippen LogP contribution < -0.4 is 5.43 Å². The Balaban J connectivity index is 1.49. The van der Waals surface area contributed by atoms with Crippen LogP contribution in [0.5, 0.6) is 0 Å². The molecule has 6 aliphatic rings. The second-order valence-electron chi connectivity index (χ2n) is 7.03. The number of nitrogens with one attached hydrogen (secondary N) is 1. The lowest BCUT2D eigenvalue weighted by Crippen LogP contribution is -2.59. The SMILES string of the molecule is O=C1C2=CC=NC3NN=C(CCN1C1CN4CCC1CC4)C23. The third-order valence-corrected chi connectivity index (χ3v) is 5.99. The first kappa shape index (κ1) is 12.8. The highest BCUT2D eigenvalue weighted by Gasteiger charge is 2.46. The summed E-state index contributed by atoms with van der Waals surface area (Å²) in [6, 6.07) is 0.389. The van der Waals surface area contributed by atoms with Gasteiger partial charge < -0.3 is 9.80 Å². The predicted octanol–water partition coefficient (Wildman–Crippen LogP) is 0.225. The molecule has 6 heterocycles. The zero-order valence-electron chi connectivity index (χ0n) is 12.6. The second kappa shape index (κ2) is 4.65. The Morgan fingerprint density at radius 2 is 2.09 bits per heavy atom. The van der Waals surface area contributed by atoms with Crippen molar-refractivity contribution < 1.29 is 4.79 Å². The van der Waals surface area contributed by atoms with Gasteiger partial charge in [-0.2, -0.15) is 5.10 Å². The molecule has 1 N–H and O–H groups in total. The Hall–Kier alpha value is -1.69. The van der Waals surface area contributed by atoms with Crippen LogP contribution in [0.1, 0.15) is 19.3 Å². The van der Waals surface area contributed by atoms with Crippen molar-refractivity contribution in [2.75, 3.05) is 26.2 Å². The number of aliphatic imine (C=N–C) groups is 1. The quantitative estimate of drug-likeness (QED) is 0.754. The summed E-state index contributed by atoms with van der Waals surface area (Å²) in [5, 5.41) is 4.45. The number of carbonyl (C=O) groups is 1. The molecule has 4 fully saturated rings. The van der Waals surface area contributed by atoms with E-state index in [2.05, 4.69) is 25.3 Å². The third-order valence-electron chi connectivity index (χ3n) is 5.99. The molecule has 2 bridgehead atoms. The average molecular weight is 299 g/mol. The summed E-state index contributed by atoms with van der Waals surface area (Å²) in [6.45, 7) is 4.27. The lowest BCUT2D eigenvalue weighted by molar-refractivity contribution is -0.133. The number of hydrazone groups is 1. The molecule has 6 rings (SSSR count). The van der Waals surface area contributed by atoms with E-state index in [4.69, 9.17) is 0 Å². The number of carbonyl (C=O) groups excluding carboxylic acids is 1. The van der Waals surface area contributed by atoms with Crippen molar-refractivity contribution in [1.82, 2.24) is 15.2 Å². The smallest absolute Gasteiger partial charge is 0.250 e. The molecule has 3 atom stereocenters. The Kier molecular flexibility index (Phi) is 2.71. The standard InChI is InChI=1S/C16H21N5O/c22-16-11-1-5-17-15-14(11)12(18-19-15)4-8-21(16)13-9-20-6-2-10(13)3-7-20/h1,5,10,13-15,19H,2-4,6-9H2. The summed E-state index contributed by atoms with van der Waals surface area (Å²) in [5.74, 6) is 0.956. The molecule has 0 aromatic carbocycles. The van der Waals surface area contributed by atoms with Crippen molar-refractivity contribution in [3.63, 3.8) is 0 Å². The van der Waals surface area contributed by atoms with Crippen molar-refractivity contribution in [1.29, 1.82) is 0 Å². The van der Waals surface area contributed by atoms with Crippen molar-refractivity contribution in [3.05, 3.63) is 11.6 Å². The van der Waals surface area contributed by atoms with Gasteiger partial charge in [0.15, 0.2) is 0 Å². The predicted molar refractivity (Wildman–Crippen MR) is 83.7 cm³/mol. The molecule has 0 saturated carbocycles. The fraction of sp³-hybridized carbons (Fsp3) is 0.688. The zero-order chi connectivity index (χ0) is 14.7. The van der Waals surface area contributed by atoms with Crippen LogP contribution in [0.2, 0.25) is 0 Å². The van der Waals surface area contributed by atoms with Gasteiger partial charge in [-0.25, -0.2) is 0 Å². The average Bonchev–Trinajstić information content (AvgIpc) is 2.93. The molecule has 0 aliphatic carbocycles. The van der Waals surface area contributed by atoms with Gasteiger partial charge in [-0.3, -0.25) is 15.2 Å². The van der Waals surface area contributed by atoms with Crippen LogP contribution in [0.4, 0.5) is 0 Å². The van der Waals surface area contributed by atoms with Crippen LogP contribution in [0, 0.1) is 11.8 Å². The van der Waals surface area contributed by atoms with Gasteiger partial charge in [-0.1, -0.05) is 0 Å². The number of dihydropyridines is 1. The van der Waals surface area contributed by atoms with Crippen molar-refractivity contribution in [2.45, 2.75) is 31.5 Å². The van der Waals surface area contributed by atoms with Crippen molar-refractivity contribution in [2.24, 2.45) is 21.9 Å². The Morgan fingerprint density at radius 1 is 1.23 bits per heavy atom. The Labute approximate surface area is 129 Å². The molecule has 1 amide bonds. The highest BCUT2D eigenvalue weighted by molar-refractivity contribution is 6.08. The van der Waals surface area contributed by atoms with E-state index in [-0.39, 0.29) is 18.0 Å². The van der Waals surface area contributed by atoms with Crippen molar-refractivity contribution in [3.8, 4) is 0 Å². The van der Waals surface area contributed by atoms with Crippen LogP contribution in [0.15, 0.2) is 21.7 Å². The lowest BCUT2D eigenvalue weighted by Gasteiger charge is -2.49. The lowest BCUT2D eigenvalue weighted by atomic mass is 9.82. The molecule has 4 saturated heterocycles. The van der Waals surface area contributed by atoms with Crippen molar-refractivity contribution >= 4 is 17.8 Å². The fourth-order valence-electron chi connectivity index (χ4n) is 4.79. The van der Waals surface area contributed by atoms with E-state index in [0.717, 1.165) is 30.8 Å². The molecule has 6 heteroatoms. The maximum absolute atomic E-state index is 13.2. The number of likely N-dealkylation sites (tertiary alicyclic amines) is 1. The summed E-state index contributed by atoms with van der Waals surface area (Å²) in [4.78, 5) is 22.3. The number of allylic oxidation sites excluding steroid dienone is 1. The number of rotatable bonds is 1. The number of piperidine rings is 3. The molecule has 0 spiro atoms. The number of hydrogen-bond acceptors (Lipinski definition) is 5. The first-order chi connectivity index (χ1) is 10.8. The molecule has 0 aromatic heterocycles. The van der Waals surface area contributed by atoms with E-state index in [1.165, 1.54) is 25.9 Å². The molecule has 6 aliphatic heterocycles. The highest BCUT2D eigenvalue weighted by atomic mass is 16.2. The minimum Gasteiger partial charge on any atom is -0.334 e. The number of hydrogen-bond donors (Lipinski definition) is 1. The van der Waals surface area contributed by atoms with Crippen LogP contribution in [0.3, 0.4) is 0 Å². The van der Waals surface area contributed by atoms with Gasteiger partial charge >= 0.3 is 0 Å². The van der Waals surface area contributed by atoms with E-state index in [0.29, 0.717) is 12.0 Å². The van der Waals surface area contributed by atoms with Gasteiger partial charge in [-0.05, 0) is 37.9 Å². The summed E-state index contributed by atoms with van der Waals surface area (Å²) in [6.07, 6.45) is 6.96. The van der Waals surface area contributed by atoms with Gasteiger partial charge in [0.2, 0.25) is 0 Å². The van der Waals surface area contributed by atoms with Gasteiger partial charge in [0, 0.05) is 37.3 Å². The van der Waals surface area contributed by atoms with Gasteiger partial charge in [0.25, 0.3) is 5.91 Å². The minimum absolute atomic E-state index is 0.0589. The maximum Gasteiger partial charge on any atom is 0.250 e. The number of nitrogens with zero attached hydrogens (tertiary/aromatic N) is 4. The third kappa shape index (κ3) is 1.73. The molecule has 116 valence electrons. The second-order valence-corrected chi connectivity index (χ2v) is 7.03. The fourth-order valence-corrected chi connectivity index (χ4v) is 4.79.